The molecule has 4 N–H and O–H groups in total. The highest BCUT2D eigenvalue weighted by Crippen LogP contribution is 2.26. The van der Waals surface area contributed by atoms with Crippen LogP contribution in [0.1, 0.15) is 23.2 Å². The Morgan fingerprint density at radius 2 is 2.24 bits per heavy atom. The van der Waals surface area contributed by atoms with Crippen molar-refractivity contribution < 1.29 is 14.3 Å². The Morgan fingerprint density at radius 1 is 1.53 bits per heavy atom. The SMILES string of the molecule is Nc1cc(F)ccc1C(=O)NCC1CC(O)C1. The van der Waals surface area contributed by atoms with Crippen LogP contribution in [0.5, 0.6) is 0 Å². The number of aliphatic hydroxyl groups is 1. The number of amides is 1. The molecule has 1 aromatic carbocycles. The fraction of sp³-hybridized carbons (Fsp3) is 0.417. The number of halogens is 1. The molecule has 2 rings (SSSR count). The lowest BCUT2D eigenvalue weighted by Gasteiger charge is -2.31. The van der Waals surface area contributed by atoms with Crippen LogP contribution < -0.4 is 11.1 Å². The fourth-order valence-corrected chi connectivity index (χ4v) is 1.94. The third kappa shape index (κ3) is 2.74. The molecule has 92 valence electrons. The van der Waals surface area contributed by atoms with Gasteiger partial charge in [0.25, 0.3) is 5.91 Å². The van der Waals surface area contributed by atoms with E-state index >= 15 is 0 Å². The molecule has 0 atom stereocenters. The monoisotopic (exact) mass is 238 g/mol. The summed E-state index contributed by atoms with van der Waals surface area (Å²) < 4.78 is 12.8. The van der Waals surface area contributed by atoms with Gasteiger partial charge in [-0.3, -0.25) is 4.79 Å². The van der Waals surface area contributed by atoms with E-state index in [1.54, 1.807) is 0 Å². The summed E-state index contributed by atoms with van der Waals surface area (Å²) in [6.07, 6.45) is 1.21. The van der Waals surface area contributed by atoms with Crippen molar-refractivity contribution >= 4 is 11.6 Å². The van der Waals surface area contributed by atoms with Gasteiger partial charge >= 0.3 is 0 Å². The van der Waals surface area contributed by atoms with Crippen molar-refractivity contribution in [1.82, 2.24) is 5.32 Å². The third-order valence-corrected chi connectivity index (χ3v) is 3.02. The molecule has 0 bridgehead atoms. The number of nitrogens with two attached hydrogens (primary N) is 1. The Kier molecular flexibility index (Phi) is 3.28. The van der Waals surface area contributed by atoms with E-state index < -0.39 is 5.82 Å². The highest BCUT2D eigenvalue weighted by Gasteiger charge is 2.27. The molecule has 1 amide bonds. The van der Waals surface area contributed by atoms with Crippen molar-refractivity contribution in [3.63, 3.8) is 0 Å². The van der Waals surface area contributed by atoms with Gasteiger partial charge in [-0.1, -0.05) is 0 Å². The molecule has 0 spiro atoms. The number of nitrogens with one attached hydrogen (secondary N) is 1. The highest BCUT2D eigenvalue weighted by atomic mass is 19.1. The van der Waals surface area contributed by atoms with Gasteiger partial charge in [-0.25, -0.2) is 4.39 Å². The summed E-state index contributed by atoms with van der Waals surface area (Å²) in [5.74, 6) is -0.430. The predicted octanol–water partition coefficient (Wildman–Crippen LogP) is 0.909. The quantitative estimate of drug-likeness (QED) is 0.685. The van der Waals surface area contributed by atoms with Crippen LogP contribution >= 0.6 is 0 Å². The number of hydrogen-bond donors (Lipinski definition) is 3. The Morgan fingerprint density at radius 3 is 2.82 bits per heavy atom. The van der Waals surface area contributed by atoms with Crippen molar-refractivity contribution in [2.45, 2.75) is 18.9 Å². The molecule has 1 saturated carbocycles. The van der Waals surface area contributed by atoms with Gasteiger partial charge in [-0.2, -0.15) is 0 Å². The summed E-state index contributed by atoms with van der Waals surface area (Å²) in [7, 11) is 0. The second-order valence-corrected chi connectivity index (χ2v) is 4.43. The molecule has 0 aliphatic heterocycles. The van der Waals surface area contributed by atoms with Crippen LogP contribution in [0, 0.1) is 11.7 Å². The third-order valence-electron chi connectivity index (χ3n) is 3.02. The van der Waals surface area contributed by atoms with Crippen LogP contribution in [0.15, 0.2) is 18.2 Å². The van der Waals surface area contributed by atoms with E-state index in [1.165, 1.54) is 12.1 Å². The number of benzene rings is 1. The van der Waals surface area contributed by atoms with Crippen molar-refractivity contribution in [1.29, 1.82) is 0 Å². The van der Waals surface area contributed by atoms with Gasteiger partial charge in [0.05, 0.1) is 11.7 Å². The van der Waals surface area contributed by atoms with Crippen LogP contribution in [-0.4, -0.2) is 23.7 Å². The summed E-state index contributed by atoms with van der Waals surface area (Å²) in [6.45, 7) is 0.521. The number of carbonyl (C=O) groups excluding carboxylic acids is 1. The molecule has 17 heavy (non-hydrogen) atoms. The first-order valence-electron chi connectivity index (χ1n) is 5.57. The molecule has 0 aromatic heterocycles. The molecule has 0 radical (unpaired) electrons. The van der Waals surface area contributed by atoms with Gasteiger partial charge in [0.15, 0.2) is 0 Å². The Balaban J connectivity index is 1.91. The van der Waals surface area contributed by atoms with E-state index in [9.17, 15) is 9.18 Å². The predicted molar refractivity (Wildman–Crippen MR) is 61.9 cm³/mol. The highest BCUT2D eigenvalue weighted by molar-refractivity contribution is 5.99. The molecule has 0 saturated heterocycles. The Bertz CT molecular complexity index is 431. The maximum absolute atomic E-state index is 12.8. The zero-order valence-corrected chi connectivity index (χ0v) is 9.32. The van der Waals surface area contributed by atoms with E-state index in [0.29, 0.717) is 12.5 Å². The smallest absolute Gasteiger partial charge is 0.253 e. The van der Waals surface area contributed by atoms with Gasteiger partial charge in [0.2, 0.25) is 0 Å². The van der Waals surface area contributed by atoms with Gasteiger partial charge in [0.1, 0.15) is 5.82 Å². The molecule has 1 aliphatic rings. The maximum Gasteiger partial charge on any atom is 0.253 e. The van der Waals surface area contributed by atoms with Crippen LogP contribution in [-0.2, 0) is 0 Å². The summed E-state index contributed by atoms with van der Waals surface area (Å²) in [4.78, 5) is 11.7. The Hall–Kier alpha value is -1.62. The Labute approximate surface area is 98.6 Å². The first-order chi connectivity index (χ1) is 8.06. The molecule has 1 aliphatic carbocycles. The van der Waals surface area contributed by atoms with Crippen molar-refractivity contribution in [2.75, 3.05) is 12.3 Å². The minimum absolute atomic E-state index is 0.135. The summed E-state index contributed by atoms with van der Waals surface area (Å²) in [5.41, 5.74) is 5.98. The van der Waals surface area contributed by atoms with E-state index in [4.69, 9.17) is 10.8 Å². The minimum atomic E-state index is -0.457. The van der Waals surface area contributed by atoms with Crippen molar-refractivity contribution in [2.24, 2.45) is 5.92 Å². The second-order valence-electron chi connectivity index (χ2n) is 4.43. The van der Waals surface area contributed by atoms with Crippen molar-refractivity contribution in [3.05, 3.63) is 29.6 Å². The van der Waals surface area contributed by atoms with Crippen LogP contribution in [0.3, 0.4) is 0 Å². The lowest BCUT2D eigenvalue weighted by molar-refractivity contribution is 0.0420. The molecule has 1 aromatic rings. The molecule has 0 heterocycles. The van der Waals surface area contributed by atoms with E-state index in [-0.39, 0.29) is 23.3 Å². The van der Waals surface area contributed by atoms with E-state index in [2.05, 4.69) is 5.32 Å². The maximum atomic E-state index is 12.8. The first kappa shape index (κ1) is 11.9. The number of carbonyl (C=O) groups is 1. The first-order valence-corrected chi connectivity index (χ1v) is 5.57. The average molecular weight is 238 g/mol. The lowest BCUT2D eigenvalue weighted by Crippen LogP contribution is -2.38. The molecule has 5 heteroatoms. The number of hydrogen-bond acceptors (Lipinski definition) is 3. The zero-order chi connectivity index (χ0) is 12.4. The summed E-state index contributed by atoms with van der Waals surface area (Å²) >= 11 is 0. The molecule has 0 unspecified atom stereocenters. The topological polar surface area (TPSA) is 75.4 Å². The standard InChI is InChI=1S/C12H15FN2O2/c13-8-1-2-10(11(14)5-8)12(17)15-6-7-3-9(16)4-7/h1-2,5,7,9,16H,3-4,6,14H2,(H,15,17). The van der Waals surface area contributed by atoms with E-state index in [0.717, 1.165) is 18.9 Å². The number of anilines is 1. The fourth-order valence-electron chi connectivity index (χ4n) is 1.94. The lowest BCUT2D eigenvalue weighted by atomic mass is 9.82. The van der Waals surface area contributed by atoms with Crippen molar-refractivity contribution in [3.8, 4) is 0 Å². The number of nitrogen functional groups attached to an aromatic ring is 1. The molecule has 1 fully saturated rings. The average Bonchev–Trinajstić information content (AvgIpc) is 2.22. The number of aliphatic hydroxyl groups excluding tert-OH is 1. The normalized spacial score (nSPS) is 22.9. The minimum Gasteiger partial charge on any atom is -0.398 e. The molecular weight excluding hydrogens is 223 g/mol. The van der Waals surface area contributed by atoms with Crippen LogP contribution in [0.2, 0.25) is 0 Å². The van der Waals surface area contributed by atoms with Gasteiger partial charge in [-0.05, 0) is 37.0 Å². The zero-order valence-electron chi connectivity index (χ0n) is 9.32. The summed E-state index contributed by atoms with van der Waals surface area (Å²) in [6, 6.07) is 3.70. The van der Waals surface area contributed by atoms with E-state index in [1.807, 2.05) is 0 Å². The second kappa shape index (κ2) is 4.71. The molecular formula is C12H15FN2O2. The van der Waals surface area contributed by atoms with Gasteiger partial charge in [-0.15, -0.1) is 0 Å². The van der Waals surface area contributed by atoms with Gasteiger partial charge < -0.3 is 16.2 Å². The molecule has 4 nitrogen and oxygen atoms in total. The van der Waals surface area contributed by atoms with Crippen LogP contribution in [0.4, 0.5) is 10.1 Å². The number of rotatable bonds is 3. The van der Waals surface area contributed by atoms with Crippen LogP contribution in [0.25, 0.3) is 0 Å². The largest absolute Gasteiger partial charge is 0.398 e. The van der Waals surface area contributed by atoms with Gasteiger partial charge in [0, 0.05) is 12.2 Å². The summed E-state index contributed by atoms with van der Waals surface area (Å²) in [5, 5.41) is 11.8.